The zero-order chi connectivity index (χ0) is 18.4. The standard InChI is InChI=1S/C20H24FN3O2/c21-16-7-8-19(26-12-4-9-22)17(13-16)20(25)24-11-2-1-6-18(24)15-5-3-10-23-14-15/h3,5,7-8,10,13-14,18H,1-2,4,6,9,11-12,22H2/t18-/m1/s1. The first-order valence-electron chi connectivity index (χ1n) is 9.04. The number of carbonyl (C=O) groups is 1. The highest BCUT2D eigenvalue weighted by atomic mass is 19.1. The molecular formula is C20H24FN3O2. The zero-order valence-corrected chi connectivity index (χ0v) is 14.7. The van der Waals surface area contributed by atoms with Crippen molar-refractivity contribution in [3.05, 3.63) is 59.7 Å². The molecule has 6 heteroatoms. The summed E-state index contributed by atoms with van der Waals surface area (Å²) in [6.45, 7) is 1.53. The number of carbonyl (C=O) groups excluding carboxylic acids is 1. The fourth-order valence-electron chi connectivity index (χ4n) is 3.31. The van der Waals surface area contributed by atoms with Gasteiger partial charge in [-0.3, -0.25) is 9.78 Å². The summed E-state index contributed by atoms with van der Waals surface area (Å²) in [4.78, 5) is 19.2. The van der Waals surface area contributed by atoms with Gasteiger partial charge in [-0.15, -0.1) is 0 Å². The van der Waals surface area contributed by atoms with E-state index >= 15 is 0 Å². The number of aromatic nitrogens is 1. The van der Waals surface area contributed by atoms with Crippen LogP contribution in [0.4, 0.5) is 4.39 Å². The number of ether oxygens (including phenoxy) is 1. The molecule has 1 fully saturated rings. The molecule has 3 rings (SSSR count). The number of benzene rings is 1. The highest BCUT2D eigenvalue weighted by molar-refractivity contribution is 5.97. The van der Waals surface area contributed by atoms with Crippen LogP contribution in [0.2, 0.25) is 0 Å². The van der Waals surface area contributed by atoms with Crippen LogP contribution in [0.15, 0.2) is 42.7 Å². The van der Waals surface area contributed by atoms with Gasteiger partial charge in [0, 0.05) is 18.9 Å². The van der Waals surface area contributed by atoms with Crippen molar-refractivity contribution in [2.75, 3.05) is 19.7 Å². The Hall–Kier alpha value is -2.47. The van der Waals surface area contributed by atoms with Gasteiger partial charge in [0.15, 0.2) is 0 Å². The van der Waals surface area contributed by atoms with E-state index in [1.807, 2.05) is 17.0 Å². The van der Waals surface area contributed by atoms with E-state index < -0.39 is 5.82 Å². The minimum atomic E-state index is -0.450. The maximum Gasteiger partial charge on any atom is 0.258 e. The van der Waals surface area contributed by atoms with E-state index in [1.54, 1.807) is 12.4 Å². The predicted octanol–water partition coefficient (Wildman–Crippen LogP) is 3.32. The van der Waals surface area contributed by atoms with E-state index in [1.165, 1.54) is 18.2 Å². The molecule has 2 heterocycles. The summed E-state index contributed by atoms with van der Waals surface area (Å²) < 4.78 is 19.5. The zero-order valence-electron chi connectivity index (χ0n) is 14.7. The quantitative estimate of drug-likeness (QED) is 0.806. The van der Waals surface area contributed by atoms with Crippen molar-refractivity contribution in [2.45, 2.75) is 31.7 Å². The van der Waals surface area contributed by atoms with Crippen molar-refractivity contribution >= 4 is 5.91 Å². The highest BCUT2D eigenvalue weighted by Crippen LogP contribution is 2.33. The summed E-state index contributed by atoms with van der Waals surface area (Å²) in [5.74, 6) is -0.254. The molecule has 1 atom stereocenters. The molecule has 1 aromatic heterocycles. The lowest BCUT2D eigenvalue weighted by Crippen LogP contribution is -2.38. The Morgan fingerprint density at radius 2 is 2.23 bits per heavy atom. The number of piperidine rings is 1. The summed E-state index contributed by atoms with van der Waals surface area (Å²) in [7, 11) is 0. The van der Waals surface area contributed by atoms with Crippen molar-refractivity contribution in [3.63, 3.8) is 0 Å². The Morgan fingerprint density at radius 3 is 3.00 bits per heavy atom. The molecule has 0 unspecified atom stereocenters. The molecule has 1 amide bonds. The first-order chi connectivity index (χ1) is 12.7. The van der Waals surface area contributed by atoms with Gasteiger partial charge >= 0.3 is 0 Å². The normalized spacial score (nSPS) is 17.2. The van der Waals surface area contributed by atoms with E-state index in [0.717, 1.165) is 24.8 Å². The van der Waals surface area contributed by atoms with Crippen molar-refractivity contribution in [3.8, 4) is 5.75 Å². The smallest absolute Gasteiger partial charge is 0.258 e. The average molecular weight is 357 g/mol. The van der Waals surface area contributed by atoms with Gasteiger partial charge in [-0.2, -0.15) is 0 Å². The monoisotopic (exact) mass is 357 g/mol. The van der Waals surface area contributed by atoms with Crippen molar-refractivity contribution in [1.82, 2.24) is 9.88 Å². The molecule has 0 spiro atoms. The SMILES string of the molecule is NCCCOc1ccc(F)cc1C(=O)N1CCCC[C@@H]1c1cccnc1. The summed E-state index contributed by atoms with van der Waals surface area (Å²) >= 11 is 0. The summed E-state index contributed by atoms with van der Waals surface area (Å²) in [5, 5.41) is 0. The van der Waals surface area contributed by atoms with E-state index in [4.69, 9.17) is 10.5 Å². The fourth-order valence-corrected chi connectivity index (χ4v) is 3.31. The third-order valence-electron chi connectivity index (χ3n) is 4.61. The largest absolute Gasteiger partial charge is 0.493 e. The van der Waals surface area contributed by atoms with Crippen LogP contribution < -0.4 is 10.5 Å². The second-order valence-electron chi connectivity index (χ2n) is 6.43. The van der Waals surface area contributed by atoms with Crippen LogP contribution in [0.5, 0.6) is 5.75 Å². The maximum atomic E-state index is 13.8. The van der Waals surface area contributed by atoms with Gasteiger partial charge in [-0.1, -0.05) is 6.07 Å². The Morgan fingerprint density at radius 1 is 1.35 bits per heavy atom. The van der Waals surface area contributed by atoms with Gasteiger partial charge in [0.05, 0.1) is 18.2 Å². The molecule has 2 N–H and O–H groups in total. The van der Waals surface area contributed by atoms with Crippen LogP contribution in [0.3, 0.4) is 0 Å². The number of pyridine rings is 1. The molecular weight excluding hydrogens is 333 g/mol. The minimum absolute atomic E-state index is 0.0508. The molecule has 0 saturated carbocycles. The number of halogens is 1. The number of likely N-dealkylation sites (tertiary alicyclic amines) is 1. The van der Waals surface area contributed by atoms with Crippen molar-refractivity contribution in [2.24, 2.45) is 5.73 Å². The lowest BCUT2D eigenvalue weighted by molar-refractivity contribution is 0.0606. The molecule has 5 nitrogen and oxygen atoms in total. The molecule has 2 aromatic rings. The van der Waals surface area contributed by atoms with Crippen LogP contribution in [0.25, 0.3) is 0 Å². The van der Waals surface area contributed by atoms with Crippen molar-refractivity contribution < 1.29 is 13.9 Å². The fraction of sp³-hybridized carbons (Fsp3) is 0.400. The van der Waals surface area contributed by atoms with Crippen LogP contribution in [0.1, 0.15) is 47.6 Å². The lowest BCUT2D eigenvalue weighted by Gasteiger charge is -2.36. The Bertz CT molecular complexity index is 739. The molecule has 0 bridgehead atoms. The summed E-state index contributed by atoms with van der Waals surface area (Å²) in [6, 6.07) is 7.88. The number of nitrogens with zero attached hydrogens (tertiary/aromatic N) is 2. The molecule has 1 aliphatic rings. The third kappa shape index (κ3) is 4.19. The highest BCUT2D eigenvalue weighted by Gasteiger charge is 2.30. The number of nitrogens with two attached hydrogens (primary N) is 1. The molecule has 0 aliphatic carbocycles. The molecule has 26 heavy (non-hydrogen) atoms. The maximum absolute atomic E-state index is 13.8. The Balaban J connectivity index is 1.88. The van der Waals surface area contributed by atoms with E-state index in [2.05, 4.69) is 4.98 Å². The Kier molecular flexibility index (Phi) is 6.17. The summed E-state index contributed by atoms with van der Waals surface area (Å²) in [5.41, 5.74) is 6.76. The third-order valence-corrected chi connectivity index (χ3v) is 4.61. The van der Waals surface area contributed by atoms with Crippen LogP contribution in [-0.2, 0) is 0 Å². The molecule has 1 saturated heterocycles. The van der Waals surface area contributed by atoms with Gasteiger partial charge in [-0.05, 0) is 62.1 Å². The van der Waals surface area contributed by atoms with Crippen LogP contribution >= 0.6 is 0 Å². The number of hydrogen-bond donors (Lipinski definition) is 1. The lowest BCUT2D eigenvalue weighted by atomic mass is 9.95. The predicted molar refractivity (Wildman–Crippen MR) is 97.4 cm³/mol. The van der Waals surface area contributed by atoms with Gasteiger partial charge in [0.25, 0.3) is 5.91 Å². The van der Waals surface area contributed by atoms with Gasteiger partial charge in [-0.25, -0.2) is 4.39 Å². The molecule has 138 valence electrons. The average Bonchev–Trinajstić information content (AvgIpc) is 2.69. The van der Waals surface area contributed by atoms with Crippen molar-refractivity contribution in [1.29, 1.82) is 0 Å². The Labute approximate surface area is 153 Å². The van der Waals surface area contributed by atoms with Gasteiger partial charge < -0.3 is 15.4 Å². The first-order valence-corrected chi connectivity index (χ1v) is 9.04. The van der Waals surface area contributed by atoms with Gasteiger partial charge in [0.2, 0.25) is 0 Å². The number of hydrogen-bond acceptors (Lipinski definition) is 4. The minimum Gasteiger partial charge on any atom is -0.493 e. The first kappa shape index (κ1) is 18.3. The van der Waals surface area contributed by atoms with E-state index in [-0.39, 0.29) is 17.5 Å². The second kappa shape index (κ2) is 8.76. The topological polar surface area (TPSA) is 68.5 Å². The van der Waals surface area contributed by atoms with Crippen LogP contribution in [0, 0.1) is 5.82 Å². The second-order valence-corrected chi connectivity index (χ2v) is 6.43. The van der Waals surface area contributed by atoms with Gasteiger partial charge in [0.1, 0.15) is 11.6 Å². The molecule has 1 aliphatic heterocycles. The number of amides is 1. The molecule has 0 radical (unpaired) electrons. The summed E-state index contributed by atoms with van der Waals surface area (Å²) in [6.07, 6.45) is 7.03. The number of rotatable bonds is 6. The van der Waals surface area contributed by atoms with E-state index in [9.17, 15) is 9.18 Å². The van der Waals surface area contributed by atoms with Crippen LogP contribution in [-0.4, -0.2) is 35.5 Å². The van der Waals surface area contributed by atoms with E-state index in [0.29, 0.717) is 31.9 Å². The molecule has 1 aromatic carbocycles.